The SMILES string of the molecule is Cc1ccc(-c2ccc(C[Se]c3ccc(O[Si](C)(C)C(C)(C)C)c(C)c3)cc2)cc1. The van der Waals surface area contributed by atoms with Gasteiger partial charge in [0, 0.05) is 0 Å². The Morgan fingerprint density at radius 2 is 1.37 bits per heavy atom. The van der Waals surface area contributed by atoms with Crippen LogP contribution in [0.3, 0.4) is 0 Å². The average molecular weight is 482 g/mol. The molecule has 0 N–H and O–H groups in total. The van der Waals surface area contributed by atoms with Crippen LogP contribution in [-0.4, -0.2) is 23.3 Å². The quantitative estimate of drug-likeness (QED) is 0.349. The molecule has 0 fully saturated rings. The molecule has 0 radical (unpaired) electrons. The Bertz CT molecular complexity index is 983. The summed E-state index contributed by atoms with van der Waals surface area (Å²) in [5.74, 6) is 1.06. The van der Waals surface area contributed by atoms with Gasteiger partial charge in [0.15, 0.2) is 0 Å². The van der Waals surface area contributed by atoms with Gasteiger partial charge in [-0.05, 0) is 0 Å². The van der Waals surface area contributed by atoms with E-state index >= 15 is 0 Å². The first-order chi connectivity index (χ1) is 14.0. The van der Waals surface area contributed by atoms with Crippen LogP contribution in [0.2, 0.25) is 18.1 Å². The molecule has 0 aliphatic rings. The first-order valence-corrected chi connectivity index (χ1v) is 15.6. The monoisotopic (exact) mass is 482 g/mol. The van der Waals surface area contributed by atoms with Gasteiger partial charge in [-0.3, -0.25) is 0 Å². The molecule has 3 heteroatoms. The minimum atomic E-state index is -1.80. The molecule has 0 spiro atoms. The molecule has 3 aromatic carbocycles. The van der Waals surface area contributed by atoms with Crippen LogP contribution in [0.25, 0.3) is 11.1 Å². The number of aryl methyl sites for hydroxylation is 2. The summed E-state index contributed by atoms with van der Waals surface area (Å²) in [5.41, 5.74) is 6.54. The van der Waals surface area contributed by atoms with E-state index in [1.54, 1.807) is 0 Å². The zero-order valence-electron chi connectivity index (χ0n) is 19.4. The first kappa shape index (κ1) is 22.9. The molecule has 0 amide bonds. The maximum absolute atomic E-state index is 6.52. The third kappa shape index (κ3) is 5.66. The number of hydrogen-bond donors (Lipinski definition) is 0. The molecule has 1 nitrogen and oxygen atoms in total. The Morgan fingerprint density at radius 1 is 0.800 bits per heavy atom. The molecule has 0 aliphatic carbocycles. The summed E-state index contributed by atoms with van der Waals surface area (Å²) in [6, 6.07) is 24.6. The van der Waals surface area contributed by atoms with Gasteiger partial charge in [0.1, 0.15) is 0 Å². The molecular weight excluding hydrogens is 447 g/mol. The van der Waals surface area contributed by atoms with Crippen molar-refractivity contribution in [2.24, 2.45) is 0 Å². The fourth-order valence-corrected chi connectivity index (χ4v) is 6.04. The van der Waals surface area contributed by atoms with Crippen molar-refractivity contribution in [1.82, 2.24) is 0 Å². The van der Waals surface area contributed by atoms with E-state index < -0.39 is 8.32 Å². The van der Waals surface area contributed by atoms with Crippen LogP contribution < -0.4 is 8.89 Å². The van der Waals surface area contributed by atoms with Crippen molar-refractivity contribution in [1.29, 1.82) is 0 Å². The van der Waals surface area contributed by atoms with Crippen molar-refractivity contribution in [3.05, 3.63) is 83.4 Å². The second-order valence-electron chi connectivity index (χ2n) is 9.64. The molecule has 0 aliphatic heterocycles. The molecular formula is C27H34OSeSi. The third-order valence-corrected chi connectivity index (χ3v) is 12.6. The normalized spacial score (nSPS) is 12.1. The van der Waals surface area contributed by atoms with Crippen molar-refractivity contribution in [3.63, 3.8) is 0 Å². The van der Waals surface area contributed by atoms with Gasteiger partial charge >= 0.3 is 191 Å². The van der Waals surface area contributed by atoms with E-state index in [1.165, 1.54) is 32.3 Å². The number of rotatable bonds is 6. The summed E-state index contributed by atoms with van der Waals surface area (Å²) in [4.78, 5) is 0. The van der Waals surface area contributed by atoms with Crippen LogP contribution in [0.1, 0.15) is 37.5 Å². The number of benzene rings is 3. The molecule has 3 rings (SSSR count). The van der Waals surface area contributed by atoms with Gasteiger partial charge < -0.3 is 0 Å². The van der Waals surface area contributed by atoms with Crippen molar-refractivity contribution < 1.29 is 4.43 Å². The van der Waals surface area contributed by atoms with E-state index in [2.05, 4.69) is 114 Å². The molecule has 30 heavy (non-hydrogen) atoms. The van der Waals surface area contributed by atoms with Gasteiger partial charge in [-0.15, -0.1) is 0 Å². The van der Waals surface area contributed by atoms with E-state index in [0.29, 0.717) is 15.0 Å². The van der Waals surface area contributed by atoms with E-state index in [9.17, 15) is 0 Å². The van der Waals surface area contributed by atoms with Gasteiger partial charge in [0.25, 0.3) is 0 Å². The zero-order valence-corrected chi connectivity index (χ0v) is 22.1. The first-order valence-electron chi connectivity index (χ1n) is 10.6. The minimum absolute atomic E-state index is 0.215. The van der Waals surface area contributed by atoms with Gasteiger partial charge in [-0.25, -0.2) is 0 Å². The number of hydrogen-bond acceptors (Lipinski definition) is 1. The molecule has 0 saturated carbocycles. The van der Waals surface area contributed by atoms with Crippen molar-refractivity contribution in [3.8, 4) is 16.9 Å². The van der Waals surface area contributed by atoms with E-state index in [1.807, 2.05) is 0 Å². The Morgan fingerprint density at radius 3 is 1.90 bits per heavy atom. The summed E-state index contributed by atoms with van der Waals surface area (Å²) >= 11 is 0.422. The molecule has 0 bridgehead atoms. The van der Waals surface area contributed by atoms with E-state index in [4.69, 9.17) is 4.43 Å². The van der Waals surface area contributed by atoms with Gasteiger partial charge in [-0.1, -0.05) is 0 Å². The predicted molar refractivity (Wildman–Crippen MR) is 135 cm³/mol. The molecule has 0 heterocycles. The van der Waals surface area contributed by atoms with Crippen LogP contribution >= 0.6 is 0 Å². The Labute approximate surface area is 190 Å². The summed E-state index contributed by atoms with van der Waals surface area (Å²) in [5, 5.41) is 1.33. The second-order valence-corrected chi connectivity index (χ2v) is 16.6. The van der Waals surface area contributed by atoms with E-state index in [-0.39, 0.29) is 5.04 Å². The summed E-state index contributed by atoms with van der Waals surface area (Å²) in [7, 11) is -1.80. The molecule has 158 valence electrons. The van der Waals surface area contributed by atoms with Crippen molar-refractivity contribution in [2.75, 3.05) is 0 Å². The van der Waals surface area contributed by atoms with Crippen LogP contribution in [0.15, 0.2) is 66.7 Å². The van der Waals surface area contributed by atoms with Crippen molar-refractivity contribution in [2.45, 2.75) is 58.1 Å². The average Bonchev–Trinajstić information content (AvgIpc) is 2.68. The van der Waals surface area contributed by atoms with Crippen LogP contribution in [0, 0.1) is 13.8 Å². The molecule has 0 aromatic heterocycles. The summed E-state index contributed by atoms with van der Waals surface area (Å²) < 4.78 is 7.96. The van der Waals surface area contributed by atoms with E-state index in [0.717, 1.165) is 11.1 Å². The second kappa shape index (κ2) is 9.14. The summed E-state index contributed by atoms with van der Waals surface area (Å²) in [6.45, 7) is 15.8. The molecule has 0 unspecified atom stereocenters. The standard InChI is InChI=1S/C27H34OSeSi/c1-20-8-12-23(13-9-20)24-14-10-22(11-15-24)19-29-25-16-17-26(21(2)18-25)28-30(6,7)27(3,4)5/h8-18H,19H2,1-7H3. The third-order valence-electron chi connectivity index (χ3n) is 6.06. The fourth-order valence-electron chi connectivity index (χ4n) is 2.96. The maximum atomic E-state index is 6.52. The topological polar surface area (TPSA) is 9.23 Å². The predicted octanol–water partition coefficient (Wildman–Crippen LogP) is 6.88. The Kier molecular flexibility index (Phi) is 6.97. The van der Waals surface area contributed by atoms with Crippen LogP contribution in [0.5, 0.6) is 5.75 Å². The van der Waals surface area contributed by atoms with Gasteiger partial charge in [0.2, 0.25) is 0 Å². The molecule has 0 saturated heterocycles. The van der Waals surface area contributed by atoms with Gasteiger partial charge in [0.05, 0.1) is 0 Å². The zero-order chi connectivity index (χ0) is 21.9. The Hall–Kier alpha value is -1.80. The fraction of sp³-hybridized carbons (Fsp3) is 0.333. The van der Waals surface area contributed by atoms with Crippen molar-refractivity contribution >= 4 is 27.7 Å². The molecule has 0 atom stereocenters. The van der Waals surface area contributed by atoms with Crippen LogP contribution in [0.4, 0.5) is 0 Å². The summed E-state index contributed by atoms with van der Waals surface area (Å²) in [6.07, 6.45) is 0. The molecule has 3 aromatic rings. The van der Waals surface area contributed by atoms with Crippen LogP contribution in [-0.2, 0) is 5.32 Å². The van der Waals surface area contributed by atoms with Gasteiger partial charge in [-0.2, -0.15) is 0 Å². The Balaban J connectivity index is 1.63.